The number of halogens is 3. The van der Waals surface area contributed by atoms with Crippen LogP contribution in [0.2, 0.25) is 5.02 Å². The maximum Gasteiger partial charge on any atom is 0.387 e. The van der Waals surface area contributed by atoms with Gasteiger partial charge in [-0.1, -0.05) is 11.6 Å². The zero-order chi connectivity index (χ0) is 17.9. The fraction of sp³-hybridized carbons (Fsp3) is 0.500. The summed E-state index contributed by atoms with van der Waals surface area (Å²) >= 11 is 5.81. The molecule has 1 heterocycles. The van der Waals surface area contributed by atoms with Gasteiger partial charge in [-0.05, 0) is 31.0 Å². The maximum absolute atomic E-state index is 12.6. The largest absolute Gasteiger partial charge is 0.433 e. The van der Waals surface area contributed by atoms with E-state index in [0.29, 0.717) is 12.8 Å². The second-order valence-electron chi connectivity index (χ2n) is 5.26. The highest BCUT2D eigenvalue weighted by atomic mass is 35.5. The predicted octanol–water partition coefficient (Wildman–Crippen LogP) is 2.09. The van der Waals surface area contributed by atoms with Crippen molar-refractivity contribution in [3.05, 3.63) is 23.2 Å². The quantitative estimate of drug-likeness (QED) is 0.846. The van der Waals surface area contributed by atoms with Crippen molar-refractivity contribution in [1.82, 2.24) is 9.62 Å². The molecular weight excluding hydrogens is 366 g/mol. The number of carbonyl (C=O) groups excluding carboxylic acids is 1. The number of hydrogen-bond donors (Lipinski definition) is 1. The molecule has 1 amide bonds. The molecular formula is C14H17ClF2N2O4S. The highest BCUT2D eigenvalue weighted by Gasteiger charge is 2.32. The molecule has 1 saturated heterocycles. The van der Waals surface area contributed by atoms with E-state index in [1.807, 2.05) is 0 Å². The molecule has 134 valence electrons. The Balaban J connectivity index is 2.14. The van der Waals surface area contributed by atoms with Crippen molar-refractivity contribution < 1.29 is 26.7 Å². The van der Waals surface area contributed by atoms with Crippen LogP contribution in [-0.4, -0.2) is 45.4 Å². The lowest BCUT2D eigenvalue weighted by Gasteiger charge is -2.30. The minimum Gasteiger partial charge on any atom is -0.433 e. The van der Waals surface area contributed by atoms with Crippen LogP contribution in [0.1, 0.15) is 12.8 Å². The van der Waals surface area contributed by atoms with Crippen molar-refractivity contribution in [3.63, 3.8) is 0 Å². The van der Waals surface area contributed by atoms with Gasteiger partial charge in [-0.25, -0.2) is 8.42 Å². The molecule has 1 N–H and O–H groups in total. The van der Waals surface area contributed by atoms with E-state index in [1.54, 1.807) is 0 Å². The maximum atomic E-state index is 12.6. The third-order valence-corrected chi connectivity index (χ3v) is 6.02. The van der Waals surface area contributed by atoms with Gasteiger partial charge in [0.2, 0.25) is 15.9 Å². The van der Waals surface area contributed by atoms with Crippen molar-refractivity contribution in [2.45, 2.75) is 24.3 Å². The lowest BCUT2D eigenvalue weighted by molar-refractivity contribution is -0.125. The molecule has 24 heavy (non-hydrogen) atoms. The molecule has 1 aliphatic rings. The molecule has 1 aromatic rings. The zero-order valence-electron chi connectivity index (χ0n) is 12.8. The van der Waals surface area contributed by atoms with Crippen molar-refractivity contribution in [3.8, 4) is 5.75 Å². The zero-order valence-corrected chi connectivity index (χ0v) is 14.4. The summed E-state index contributed by atoms with van der Waals surface area (Å²) < 4.78 is 55.1. The number of alkyl halides is 2. The standard InChI is InChI=1S/C14H17ClF2N2O4S/c1-18-13(20)9-4-6-19(7-5-9)24(21,22)10-2-3-12(11(15)8-10)23-14(16)17/h2-3,8-9,14H,4-7H2,1H3,(H,18,20). The number of rotatable bonds is 5. The van der Waals surface area contributed by atoms with Crippen LogP contribution in [0.25, 0.3) is 0 Å². The normalized spacial score (nSPS) is 17.0. The third kappa shape index (κ3) is 4.14. The summed E-state index contributed by atoms with van der Waals surface area (Å²) in [4.78, 5) is 11.5. The summed E-state index contributed by atoms with van der Waals surface area (Å²) in [7, 11) is -2.27. The van der Waals surface area contributed by atoms with Gasteiger partial charge < -0.3 is 10.1 Å². The van der Waals surface area contributed by atoms with Crippen LogP contribution < -0.4 is 10.1 Å². The van der Waals surface area contributed by atoms with Crippen LogP contribution >= 0.6 is 11.6 Å². The molecule has 0 aliphatic carbocycles. The van der Waals surface area contributed by atoms with Crippen LogP contribution in [0.15, 0.2) is 23.1 Å². The summed E-state index contributed by atoms with van der Waals surface area (Å²) in [5, 5.41) is 2.34. The van der Waals surface area contributed by atoms with Gasteiger partial charge in [0.1, 0.15) is 5.75 Å². The number of nitrogens with zero attached hydrogens (tertiary/aromatic N) is 1. The first-order valence-electron chi connectivity index (χ1n) is 7.22. The average molecular weight is 383 g/mol. The van der Waals surface area contributed by atoms with Crippen LogP contribution in [-0.2, 0) is 14.8 Å². The van der Waals surface area contributed by atoms with Crippen molar-refractivity contribution in [1.29, 1.82) is 0 Å². The Kier molecular flexibility index (Phi) is 6.00. The van der Waals surface area contributed by atoms with Gasteiger partial charge in [0.25, 0.3) is 0 Å². The van der Waals surface area contributed by atoms with Crippen LogP contribution in [0.4, 0.5) is 8.78 Å². The molecule has 1 aliphatic heterocycles. The number of hydrogen-bond acceptors (Lipinski definition) is 4. The van der Waals surface area contributed by atoms with Gasteiger partial charge in [-0.15, -0.1) is 0 Å². The molecule has 6 nitrogen and oxygen atoms in total. The fourth-order valence-electron chi connectivity index (χ4n) is 2.55. The van der Waals surface area contributed by atoms with E-state index in [2.05, 4.69) is 10.1 Å². The van der Waals surface area contributed by atoms with E-state index in [0.717, 1.165) is 12.1 Å². The SMILES string of the molecule is CNC(=O)C1CCN(S(=O)(=O)c2ccc(OC(F)F)c(Cl)c2)CC1. The third-order valence-electron chi connectivity index (χ3n) is 3.83. The summed E-state index contributed by atoms with van der Waals surface area (Å²) in [6.07, 6.45) is 0.832. The summed E-state index contributed by atoms with van der Waals surface area (Å²) in [6, 6.07) is 3.35. The number of benzene rings is 1. The van der Waals surface area contributed by atoms with Gasteiger partial charge >= 0.3 is 6.61 Å². The number of sulfonamides is 1. The minimum absolute atomic E-state index is 0.104. The van der Waals surface area contributed by atoms with E-state index >= 15 is 0 Å². The highest BCUT2D eigenvalue weighted by Crippen LogP contribution is 2.31. The first-order valence-corrected chi connectivity index (χ1v) is 9.03. The molecule has 0 saturated carbocycles. The number of ether oxygens (including phenoxy) is 1. The molecule has 1 fully saturated rings. The van der Waals surface area contributed by atoms with Crippen molar-refractivity contribution in [2.24, 2.45) is 5.92 Å². The molecule has 0 aromatic heterocycles. The predicted molar refractivity (Wildman–Crippen MR) is 83.6 cm³/mol. The van der Waals surface area contributed by atoms with Crippen LogP contribution in [0, 0.1) is 5.92 Å². The summed E-state index contributed by atoms with van der Waals surface area (Å²) in [5.41, 5.74) is 0. The topological polar surface area (TPSA) is 75.7 Å². The first kappa shape index (κ1) is 18.9. The van der Waals surface area contributed by atoms with E-state index in [-0.39, 0.29) is 40.6 Å². The van der Waals surface area contributed by atoms with Crippen molar-refractivity contribution in [2.75, 3.05) is 20.1 Å². The summed E-state index contributed by atoms with van der Waals surface area (Å²) in [5.74, 6) is -0.612. The minimum atomic E-state index is -3.81. The Hall–Kier alpha value is -1.45. The molecule has 0 unspecified atom stereocenters. The number of carbonyl (C=O) groups is 1. The number of piperidine rings is 1. The van der Waals surface area contributed by atoms with Gasteiger partial charge in [-0.2, -0.15) is 13.1 Å². The van der Waals surface area contributed by atoms with Crippen molar-refractivity contribution >= 4 is 27.5 Å². The van der Waals surface area contributed by atoms with E-state index < -0.39 is 16.6 Å². The lowest BCUT2D eigenvalue weighted by Crippen LogP contribution is -2.42. The molecule has 0 spiro atoms. The Morgan fingerprint density at radius 2 is 2.00 bits per heavy atom. The smallest absolute Gasteiger partial charge is 0.387 e. The summed E-state index contributed by atoms with van der Waals surface area (Å²) in [6.45, 7) is -2.64. The Morgan fingerprint density at radius 1 is 1.38 bits per heavy atom. The highest BCUT2D eigenvalue weighted by molar-refractivity contribution is 7.89. The fourth-order valence-corrected chi connectivity index (χ4v) is 4.33. The Bertz CT molecular complexity index is 707. The van der Waals surface area contributed by atoms with E-state index in [1.165, 1.54) is 17.4 Å². The molecule has 2 rings (SSSR count). The average Bonchev–Trinajstić information content (AvgIpc) is 2.55. The van der Waals surface area contributed by atoms with E-state index in [4.69, 9.17) is 11.6 Å². The first-order chi connectivity index (χ1) is 11.3. The van der Waals surface area contributed by atoms with Gasteiger partial charge in [0, 0.05) is 26.1 Å². The number of amides is 1. The second-order valence-corrected chi connectivity index (χ2v) is 7.61. The monoisotopic (exact) mass is 382 g/mol. The van der Waals surface area contributed by atoms with E-state index in [9.17, 15) is 22.0 Å². The van der Waals surface area contributed by atoms with Crippen LogP contribution in [0.5, 0.6) is 5.75 Å². The van der Waals surface area contributed by atoms with Gasteiger partial charge in [0.15, 0.2) is 0 Å². The second kappa shape index (κ2) is 7.62. The molecule has 10 heteroatoms. The lowest BCUT2D eigenvalue weighted by atomic mass is 9.97. The molecule has 1 aromatic carbocycles. The number of nitrogens with one attached hydrogen (secondary N) is 1. The molecule has 0 bridgehead atoms. The van der Waals surface area contributed by atoms with Gasteiger partial charge in [0.05, 0.1) is 9.92 Å². The molecule has 0 radical (unpaired) electrons. The Morgan fingerprint density at radius 3 is 2.50 bits per heavy atom. The Labute approximate surface area is 143 Å². The van der Waals surface area contributed by atoms with Crippen LogP contribution in [0.3, 0.4) is 0 Å². The van der Waals surface area contributed by atoms with Gasteiger partial charge in [-0.3, -0.25) is 4.79 Å². The molecule has 0 atom stereocenters.